The molecule has 15 nitrogen and oxygen atoms in total. The van der Waals surface area contributed by atoms with Crippen LogP contribution in [0.4, 0.5) is 11.4 Å². The molecular weight excluding hydrogens is 1070 g/mol. The number of aromatic nitrogens is 3. The predicted molar refractivity (Wildman–Crippen MR) is 344 cm³/mol. The highest BCUT2D eigenvalue weighted by molar-refractivity contribution is 5.54. The number of benzene rings is 3. The number of unbranched alkanes of at least 4 members (excludes halogenated alkanes) is 39. The second-order valence-electron chi connectivity index (χ2n) is 23.4. The molecule has 1 aromatic heterocycles. The molecule has 0 unspecified atom stereocenters. The number of rotatable bonds is 57. The minimum absolute atomic E-state index is 0.00162. The van der Waals surface area contributed by atoms with Gasteiger partial charge in [0.1, 0.15) is 18.1 Å². The minimum atomic E-state index is -0.498. The van der Waals surface area contributed by atoms with Crippen molar-refractivity contribution < 1.29 is 38.3 Å². The Bertz CT molecular complexity index is 2170. The van der Waals surface area contributed by atoms with Crippen LogP contribution in [0, 0.1) is 20.2 Å². The summed E-state index contributed by atoms with van der Waals surface area (Å²) >= 11 is 0. The average Bonchev–Trinajstić information content (AvgIpc) is 3.51. The normalized spacial score (nSPS) is 11.2. The molecule has 0 aliphatic carbocycles. The number of nitro benzene ring substituents is 2. The molecule has 0 aliphatic rings. The van der Waals surface area contributed by atoms with Gasteiger partial charge in [0, 0.05) is 24.3 Å². The molecule has 1 heterocycles. The van der Waals surface area contributed by atoms with Crippen LogP contribution in [0.5, 0.6) is 46.8 Å². The molecule has 0 N–H and O–H groups in total. The Labute approximate surface area is 512 Å². The topological polar surface area (TPSA) is 180 Å². The van der Waals surface area contributed by atoms with E-state index in [1.165, 1.54) is 280 Å². The van der Waals surface area contributed by atoms with Crippen LogP contribution in [0.15, 0.2) is 60.7 Å². The van der Waals surface area contributed by atoms with Crippen molar-refractivity contribution in [2.45, 2.75) is 297 Å². The smallest absolute Gasteiger partial charge is 0.331 e. The molecule has 0 bridgehead atoms. The number of hydrogen-bond acceptors (Lipinski definition) is 13. The van der Waals surface area contributed by atoms with Gasteiger partial charge in [0.2, 0.25) is 5.75 Å². The van der Waals surface area contributed by atoms with Gasteiger partial charge in [-0.25, -0.2) is 0 Å². The predicted octanol–water partition coefficient (Wildman–Crippen LogP) is 22.4. The van der Waals surface area contributed by atoms with Crippen LogP contribution < -0.4 is 28.4 Å². The molecule has 0 amide bonds. The Morgan fingerprint density at radius 2 is 0.588 bits per heavy atom. The molecule has 0 radical (unpaired) electrons. The molecule has 4 aromatic rings. The number of non-ortho nitro benzene ring substituents is 2. The van der Waals surface area contributed by atoms with Gasteiger partial charge < -0.3 is 28.4 Å². The van der Waals surface area contributed by atoms with Gasteiger partial charge in [0.25, 0.3) is 11.4 Å². The molecule has 3 aromatic carbocycles. The molecule has 0 saturated carbocycles. The van der Waals surface area contributed by atoms with Gasteiger partial charge in [-0.3, -0.25) is 20.2 Å². The average molecular weight is 1180 g/mol. The molecule has 0 fully saturated rings. The number of ether oxygens (including phenoxy) is 6. The zero-order valence-electron chi connectivity index (χ0n) is 53.1. The van der Waals surface area contributed by atoms with E-state index in [9.17, 15) is 20.2 Å². The van der Waals surface area contributed by atoms with Crippen molar-refractivity contribution in [1.82, 2.24) is 15.0 Å². The molecule has 0 aliphatic heterocycles. The van der Waals surface area contributed by atoms with Crippen LogP contribution in [0.25, 0.3) is 0 Å². The molecule has 476 valence electrons. The largest absolute Gasteiger partial charge is 0.490 e. The third-order valence-electron chi connectivity index (χ3n) is 15.8. The van der Waals surface area contributed by atoms with E-state index in [0.717, 1.165) is 44.1 Å². The van der Waals surface area contributed by atoms with Gasteiger partial charge >= 0.3 is 18.0 Å². The lowest BCUT2D eigenvalue weighted by molar-refractivity contribution is -0.385. The van der Waals surface area contributed by atoms with Crippen LogP contribution in [-0.4, -0.2) is 44.6 Å². The van der Waals surface area contributed by atoms with E-state index in [-0.39, 0.29) is 47.5 Å². The highest BCUT2D eigenvalue weighted by Gasteiger charge is 2.19. The van der Waals surface area contributed by atoms with E-state index < -0.39 is 9.85 Å². The summed E-state index contributed by atoms with van der Waals surface area (Å²) in [4.78, 5) is 34.9. The van der Waals surface area contributed by atoms with Crippen molar-refractivity contribution in [2.75, 3.05) is 19.8 Å². The fourth-order valence-corrected chi connectivity index (χ4v) is 10.6. The standard InChI is InChI=1S/C70H111N5O10/c1-4-7-10-13-16-19-22-25-28-31-34-37-40-43-54-80-65-57-60(59-83-68-71-69(84-63-50-46-61(47-51-63)74(76)77)73-70(72-68)85-64-52-48-62(49-53-64)75(78)79)58-66(81-55-44-41-38-35-32-29-26-23-20-17-14-11-8-5-2)67(65)82-56-45-42-39-36-33-30-27-24-21-18-15-12-9-6-3/h46-53,57-58H,4-45,54-56,59H2,1-3H3. The van der Waals surface area contributed by atoms with Crippen molar-refractivity contribution in [3.05, 3.63) is 86.5 Å². The summed E-state index contributed by atoms with van der Waals surface area (Å²) in [5.74, 6) is 2.30. The molecule has 15 heteroatoms. The third kappa shape index (κ3) is 34.9. The van der Waals surface area contributed by atoms with Gasteiger partial charge in [0.15, 0.2) is 11.5 Å². The lowest BCUT2D eigenvalue weighted by Gasteiger charge is -2.19. The Kier molecular flexibility index (Phi) is 40.8. The van der Waals surface area contributed by atoms with Crippen LogP contribution in [0.1, 0.15) is 296 Å². The molecular formula is C70H111N5O10. The van der Waals surface area contributed by atoms with Gasteiger partial charge in [0.05, 0.1) is 29.7 Å². The SMILES string of the molecule is CCCCCCCCCCCCCCCCOc1cc(COc2nc(Oc3ccc([N+](=O)[O-])cc3)nc(Oc3ccc([N+](=O)[O-])cc3)n2)cc(OCCCCCCCCCCCCCCCC)c1OCCCCCCCCCCCCCCCC. The van der Waals surface area contributed by atoms with Crippen molar-refractivity contribution in [1.29, 1.82) is 0 Å². The van der Waals surface area contributed by atoms with Gasteiger partial charge in [-0.05, 0) is 61.2 Å². The maximum Gasteiger partial charge on any atom is 0.331 e. The summed E-state index contributed by atoms with van der Waals surface area (Å²) in [5.41, 5.74) is 0.532. The molecule has 0 spiro atoms. The zero-order valence-corrected chi connectivity index (χ0v) is 53.1. The highest BCUT2D eigenvalue weighted by atomic mass is 16.6. The quantitative estimate of drug-likeness (QED) is 0.0232. The van der Waals surface area contributed by atoms with Gasteiger partial charge in [-0.2, -0.15) is 0 Å². The lowest BCUT2D eigenvalue weighted by Crippen LogP contribution is -2.08. The lowest BCUT2D eigenvalue weighted by atomic mass is 10.0. The number of nitrogens with zero attached hydrogens (tertiary/aromatic N) is 5. The number of hydrogen-bond donors (Lipinski definition) is 0. The third-order valence-corrected chi connectivity index (χ3v) is 15.8. The van der Waals surface area contributed by atoms with Gasteiger partial charge in [-0.1, -0.05) is 271 Å². The molecule has 0 saturated heterocycles. The fourth-order valence-electron chi connectivity index (χ4n) is 10.6. The van der Waals surface area contributed by atoms with Crippen molar-refractivity contribution in [2.24, 2.45) is 0 Å². The second-order valence-corrected chi connectivity index (χ2v) is 23.4. The first kappa shape index (κ1) is 71.7. The van der Waals surface area contributed by atoms with Crippen LogP contribution in [-0.2, 0) is 6.61 Å². The summed E-state index contributed by atoms with van der Waals surface area (Å²) < 4.78 is 38.2. The maximum atomic E-state index is 11.4. The zero-order chi connectivity index (χ0) is 60.5. The second kappa shape index (κ2) is 48.4. The van der Waals surface area contributed by atoms with E-state index in [1.807, 2.05) is 12.1 Å². The van der Waals surface area contributed by atoms with Gasteiger partial charge in [-0.15, -0.1) is 15.0 Å². The van der Waals surface area contributed by atoms with Crippen molar-refractivity contribution in [3.63, 3.8) is 0 Å². The fraction of sp³-hybridized carbons (Fsp3) is 0.700. The summed E-state index contributed by atoms with van der Waals surface area (Å²) in [6, 6.07) is 14.4. The maximum absolute atomic E-state index is 11.4. The van der Waals surface area contributed by atoms with E-state index in [4.69, 9.17) is 28.4 Å². The van der Waals surface area contributed by atoms with Crippen LogP contribution >= 0.6 is 0 Å². The number of nitro groups is 2. The summed E-state index contributed by atoms with van der Waals surface area (Å²) in [6.07, 6.45) is 53.8. The van der Waals surface area contributed by atoms with Crippen molar-refractivity contribution >= 4 is 11.4 Å². The monoisotopic (exact) mass is 1180 g/mol. The Balaban J connectivity index is 1.46. The summed E-state index contributed by atoms with van der Waals surface area (Å²) in [5, 5.41) is 22.7. The Morgan fingerprint density at radius 1 is 0.329 bits per heavy atom. The molecule has 85 heavy (non-hydrogen) atoms. The van der Waals surface area contributed by atoms with Crippen molar-refractivity contribution in [3.8, 4) is 46.8 Å². The van der Waals surface area contributed by atoms with E-state index in [2.05, 4.69) is 35.7 Å². The first-order valence-corrected chi connectivity index (χ1v) is 34.1. The Morgan fingerprint density at radius 3 is 0.871 bits per heavy atom. The van der Waals surface area contributed by atoms with E-state index >= 15 is 0 Å². The molecule has 0 atom stereocenters. The van der Waals surface area contributed by atoms with E-state index in [1.54, 1.807) is 0 Å². The first-order valence-electron chi connectivity index (χ1n) is 34.1. The van der Waals surface area contributed by atoms with E-state index in [0.29, 0.717) is 37.1 Å². The molecule has 4 rings (SSSR count). The first-order chi connectivity index (χ1) is 41.8. The minimum Gasteiger partial charge on any atom is -0.490 e. The Hall–Kier alpha value is -5.73. The van der Waals surface area contributed by atoms with Crippen LogP contribution in [0.2, 0.25) is 0 Å². The van der Waals surface area contributed by atoms with Crippen LogP contribution in [0.3, 0.4) is 0 Å². The highest BCUT2D eigenvalue weighted by Crippen LogP contribution is 2.40. The summed E-state index contributed by atoms with van der Waals surface area (Å²) in [7, 11) is 0. The summed E-state index contributed by atoms with van der Waals surface area (Å²) in [6.45, 7) is 8.46.